The minimum Gasteiger partial charge on any atom is -0.321 e. The third kappa shape index (κ3) is 3.64. The highest BCUT2D eigenvalue weighted by molar-refractivity contribution is 14.1. The number of amides is 1. The quantitative estimate of drug-likeness (QED) is 0.539. The highest BCUT2D eigenvalue weighted by Crippen LogP contribution is 2.29. The molecule has 0 aliphatic rings. The van der Waals surface area contributed by atoms with Crippen molar-refractivity contribution in [2.24, 2.45) is 0 Å². The Morgan fingerprint density at radius 3 is 2.54 bits per heavy atom. The molecule has 24 heavy (non-hydrogen) atoms. The van der Waals surface area contributed by atoms with Crippen LogP contribution in [-0.4, -0.2) is 10.9 Å². The van der Waals surface area contributed by atoms with Crippen LogP contribution < -0.4 is 5.32 Å². The Kier molecular flexibility index (Phi) is 4.96. The summed E-state index contributed by atoms with van der Waals surface area (Å²) in [6.45, 7) is 3.76. The molecule has 0 unspecified atom stereocenters. The van der Waals surface area contributed by atoms with Crippen molar-refractivity contribution in [1.82, 2.24) is 4.98 Å². The number of hydrogen-bond donors (Lipinski definition) is 1. The van der Waals surface area contributed by atoms with Crippen molar-refractivity contribution >= 4 is 45.5 Å². The van der Waals surface area contributed by atoms with Gasteiger partial charge in [0.1, 0.15) is 15.7 Å². The third-order valence-electron chi connectivity index (χ3n) is 3.53. The van der Waals surface area contributed by atoms with E-state index in [0.717, 1.165) is 20.4 Å². The number of carbonyl (C=O) groups is 1. The van der Waals surface area contributed by atoms with Crippen LogP contribution in [0.3, 0.4) is 0 Å². The molecule has 122 valence electrons. The molecule has 1 amide bonds. The monoisotopic (exact) mass is 452 g/mol. The van der Waals surface area contributed by atoms with Gasteiger partial charge in [-0.3, -0.25) is 4.79 Å². The molecule has 2 aromatic carbocycles. The first-order valence-corrected chi connectivity index (χ1v) is 9.14. The van der Waals surface area contributed by atoms with Gasteiger partial charge in [0.25, 0.3) is 5.91 Å². The average molecular weight is 452 g/mol. The normalized spacial score (nSPS) is 10.7. The number of benzene rings is 2. The maximum Gasteiger partial charge on any atom is 0.267 e. The van der Waals surface area contributed by atoms with Gasteiger partial charge in [0.05, 0.1) is 5.69 Å². The van der Waals surface area contributed by atoms with Crippen LogP contribution in [0.4, 0.5) is 10.1 Å². The van der Waals surface area contributed by atoms with Crippen molar-refractivity contribution in [3.05, 3.63) is 68.0 Å². The number of thiazole rings is 1. The molecule has 0 spiro atoms. The van der Waals surface area contributed by atoms with Gasteiger partial charge in [-0.25, -0.2) is 9.37 Å². The van der Waals surface area contributed by atoms with E-state index in [-0.39, 0.29) is 11.7 Å². The summed E-state index contributed by atoms with van der Waals surface area (Å²) in [6, 6.07) is 12.0. The van der Waals surface area contributed by atoms with Gasteiger partial charge >= 0.3 is 0 Å². The standard InChI is InChI=1S/C18H14FIN2OS/c1-10-9-14(20)7-8-15(10)22-17(23)16-11(2)21-18(24-16)12-3-5-13(19)6-4-12/h3-9H,1-2H3,(H,22,23). The summed E-state index contributed by atoms with van der Waals surface area (Å²) >= 11 is 3.55. The number of aromatic nitrogens is 1. The molecule has 3 aromatic rings. The van der Waals surface area contributed by atoms with Crippen LogP contribution in [0.5, 0.6) is 0 Å². The smallest absolute Gasteiger partial charge is 0.267 e. The molecular formula is C18H14FIN2OS. The number of anilines is 1. The van der Waals surface area contributed by atoms with E-state index in [1.54, 1.807) is 19.1 Å². The molecule has 1 aromatic heterocycles. The highest BCUT2D eigenvalue weighted by Gasteiger charge is 2.17. The largest absolute Gasteiger partial charge is 0.321 e. The maximum atomic E-state index is 13.0. The Labute approximate surface area is 157 Å². The molecule has 1 N–H and O–H groups in total. The van der Waals surface area contributed by atoms with Crippen LogP contribution >= 0.6 is 33.9 Å². The summed E-state index contributed by atoms with van der Waals surface area (Å²) in [5.74, 6) is -0.471. The zero-order chi connectivity index (χ0) is 17.3. The lowest BCUT2D eigenvalue weighted by atomic mass is 10.2. The van der Waals surface area contributed by atoms with Crippen molar-refractivity contribution < 1.29 is 9.18 Å². The highest BCUT2D eigenvalue weighted by atomic mass is 127. The lowest BCUT2D eigenvalue weighted by Crippen LogP contribution is -2.12. The molecule has 3 nitrogen and oxygen atoms in total. The fourth-order valence-electron chi connectivity index (χ4n) is 2.27. The molecule has 0 bridgehead atoms. The molecule has 0 fully saturated rings. The van der Waals surface area contributed by atoms with Gasteiger partial charge in [-0.15, -0.1) is 11.3 Å². The Morgan fingerprint density at radius 1 is 1.17 bits per heavy atom. The fraction of sp³-hybridized carbons (Fsp3) is 0.111. The van der Waals surface area contributed by atoms with Gasteiger partial charge in [0, 0.05) is 14.8 Å². The molecule has 0 aliphatic carbocycles. The summed E-state index contributed by atoms with van der Waals surface area (Å²) < 4.78 is 14.2. The predicted octanol–water partition coefficient (Wildman–Crippen LogP) is 5.42. The number of nitrogens with one attached hydrogen (secondary N) is 1. The van der Waals surface area contributed by atoms with Gasteiger partial charge in [0.15, 0.2) is 0 Å². The van der Waals surface area contributed by atoms with E-state index in [0.29, 0.717) is 15.6 Å². The number of halogens is 2. The molecule has 0 atom stereocenters. The Morgan fingerprint density at radius 2 is 1.88 bits per heavy atom. The van der Waals surface area contributed by atoms with E-state index < -0.39 is 0 Å². The maximum absolute atomic E-state index is 13.0. The summed E-state index contributed by atoms with van der Waals surface area (Å²) in [6.07, 6.45) is 0. The van der Waals surface area contributed by atoms with E-state index >= 15 is 0 Å². The summed E-state index contributed by atoms with van der Waals surface area (Å²) in [4.78, 5) is 17.6. The van der Waals surface area contributed by atoms with Gasteiger partial charge in [-0.05, 0) is 84.5 Å². The van der Waals surface area contributed by atoms with E-state index in [1.165, 1.54) is 23.5 Å². The SMILES string of the molecule is Cc1cc(I)ccc1NC(=O)c1sc(-c2ccc(F)cc2)nc1C. The van der Waals surface area contributed by atoms with Crippen molar-refractivity contribution in [3.63, 3.8) is 0 Å². The second-order valence-electron chi connectivity index (χ2n) is 5.35. The topological polar surface area (TPSA) is 42.0 Å². The Balaban J connectivity index is 1.86. The van der Waals surface area contributed by atoms with Gasteiger partial charge in [0.2, 0.25) is 0 Å². The predicted molar refractivity (Wildman–Crippen MR) is 104 cm³/mol. The minimum absolute atomic E-state index is 0.178. The minimum atomic E-state index is -0.292. The first kappa shape index (κ1) is 17.0. The van der Waals surface area contributed by atoms with Crippen LogP contribution in [0, 0.1) is 23.2 Å². The van der Waals surface area contributed by atoms with E-state index in [4.69, 9.17) is 0 Å². The first-order valence-electron chi connectivity index (χ1n) is 7.25. The van der Waals surface area contributed by atoms with Gasteiger partial charge in [-0.2, -0.15) is 0 Å². The van der Waals surface area contributed by atoms with Gasteiger partial charge in [-0.1, -0.05) is 0 Å². The van der Waals surface area contributed by atoms with Crippen LogP contribution in [0.15, 0.2) is 42.5 Å². The summed E-state index contributed by atoms with van der Waals surface area (Å²) in [5, 5.41) is 3.64. The van der Waals surface area contributed by atoms with Crippen LogP contribution in [0.2, 0.25) is 0 Å². The first-order chi connectivity index (χ1) is 11.4. The molecule has 0 saturated carbocycles. The lowest BCUT2D eigenvalue weighted by Gasteiger charge is -2.07. The molecule has 0 aliphatic heterocycles. The zero-order valence-corrected chi connectivity index (χ0v) is 16.0. The van der Waals surface area contributed by atoms with Crippen molar-refractivity contribution in [3.8, 4) is 10.6 Å². The second-order valence-corrected chi connectivity index (χ2v) is 7.60. The van der Waals surface area contributed by atoms with E-state index in [9.17, 15) is 9.18 Å². The summed E-state index contributed by atoms with van der Waals surface area (Å²) in [5.41, 5.74) is 3.27. The van der Waals surface area contributed by atoms with Crippen molar-refractivity contribution in [1.29, 1.82) is 0 Å². The van der Waals surface area contributed by atoms with Crippen molar-refractivity contribution in [2.45, 2.75) is 13.8 Å². The number of hydrogen-bond acceptors (Lipinski definition) is 3. The number of rotatable bonds is 3. The van der Waals surface area contributed by atoms with Crippen LogP contribution in [-0.2, 0) is 0 Å². The summed E-state index contributed by atoms with van der Waals surface area (Å²) in [7, 11) is 0. The molecule has 3 rings (SSSR count). The Bertz CT molecular complexity index is 906. The number of nitrogens with zero attached hydrogens (tertiary/aromatic N) is 1. The Hall–Kier alpha value is -1.80. The molecule has 0 saturated heterocycles. The molecule has 1 heterocycles. The zero-order valence-electron chi connectivity index (χ0n) is 13.1. The van der Waals surface area contributed by atoms with E-state index in [1.807, 2.05) is 25.1 Å². The molecular weight excluding hydrogens is 438 g/mol. The number of aryl methyl sites for hydroxylation is 2. The molecule has 0 radical (unpaired) electrons. The lowest BCUT2D eigenvalue weighted by molar-refractivity contribution is 0.102. The number of carbonyl (C=O) groups excluding carboxylic acids is 1. The van der Waals surface area contributed by atoms with Crippen molar-refractivity contribution in [2.75, 3.05) is 5.32 Å². The van der Waals surface area contributed by atoms with Crippen LogP contribution in [0.25, 0.3) is 10.6 Å². The van der Waals surface area contributed by atoms with Gasteiger partial charge < -0.3 is 5.32 Å². The second kappa shape index (κ2) is 6.98. The van der Waals surface area contributed by atoms with E-state index in [2.05, 4.69) is 32.9 Å². The third-order valence-corrected chi connectivity index (χ3v) is 5.41. The van der Waals surface area contributed by atoms with Crippen LogP contribution in [0.1, 0.15) is 20.9 Å². The average Bonchev–Trinajstić information content (AvgIpc) is 2.93. The fourth-order valence-corrected chi connectivity index (χ4v) is 3.88. The molecule has 6 heteroatoms.